The number of amides is 1. The number of halogens is 1. The van der Waals surface area contributed by atoms with Gasteiger partial charge in [-0.25, -0.2) is 0 Å². The number of anilines is 1. The largest absolute Gasteiger partial charge is 0.438 e. The number of carbonyl (C=O) groups is 1. The third-order valence-corrected chi connectivity index (χ3v) is 5.39. The summed E-state index contributed by atoms with van der Waals surface area (Å²) in [5.41, 5.74) is 1.74. The Kier molecular flexibility index (Phi) is 6.44. The van der Waals surface area contributed by atoms with E-state index in [4.69, 9.17) is 16.3 Å². The number of pyridine rings is 1. The molecule has 0 aliphatic carbocycles. The van der Waals surface area contributed by atoms with Crippen molar-refractivity contribution in [3.63, 3.8) is 0 Å². The van der Waals surface area contributed by atoms with Crippen LogP contribution in [0, 0.1) is 25.2 Å². The Bertz CT molecular complexity index is 1530. The van der Waals surface area contributed by atoms with Gasteiger partial charge in [-0.3, -0.25) is 14.0 Å². The van der Waals surface area contributed by atoms with E-state index in [1.165, 1.54) is 10.5 Å². The van der Waals surface area contributed by atoms with Gasteiger partial charge in [-0.2, -0.15) is 10.2 Å². The highest BCUT2D eigenvalue weighted by Gasteiger charge is 2.18. The number of aryl methyl sites for hydroxylation is 2. The first kappa shape index (κ1) is 22.8. The molecule has 7 nitrogen and oxygen atoms in total. The molecule has 34 heavy (non-hydrogen) atoms. The monoisotopic (exact) mass is 470 g/mol. The van der Waals surface area contributed by atoms with Crippen molar-refractivity contribution < 1.29 is 9.53 Å². The van der Waals surface area contributed by atoms with Crippen molar-refractivity contribution in [1.82, 2.24) is 9.38 Å². The highest BCUT2D eigenvalue weighted by molar-refractivity contribution is 6.34. The lowest BCUT2D eigenvalue weighted by Gasteiger charge is -2.12. The third kappa shape index (κ3) is 4.68. The Labute approximate surface area is 200 Å². The first-order chi connectivity index (χ1) is 16.4. The van der Waals surface area contributed by atoms with Gasteiger partial charge < -0.3 is 10.1 Å². The zero-order chi connectivity index (χ0) is 24.2. The second kappa shape index (κ2) is 9.61. The van der Waals surface area contributed by atoms with Gasteiger partial charge in [0.1, 0.15) is 28.6 Å². The number of hydrogen-bond acceptors (Lipinski definition) is 5. The van der Waals surface area contributed by atoms with E-state index in [0.29, 0.717) is 22.1 Å². The predicted molar refractivity (Wildman–Crippen MR) is 131 cm³/mol. The van der Waals surface area contributed by atoms with Gasteiger partial charge in [-0.15, -0.1) is 0 Å². The summed E-state index contributed by atoms with van der Waals surface area (Å²) in [7, 11) is 0. The summed E-state index contributed by atoms with van der Waals surface area (Å²) in [5.74, 6) is -0.267. The van der Waals surface area contributed by atoms with E-state index in [0.717, 1.165) is 11.1 Å². The molecule has 1 amide bonds. The van der Waals surface area contributed by atoms with Crippen LogP contribution < -0.4 is 15.6 Å². The molecule has 4 aromatic rings. The SMILES string of the molecule is Cc1ccc(Oc2nc3c(C)cccn3c(=O)c2/C=C(/C#N)C(=O)Nc2ccccc2Cl)cc1. The Morgan fingerprint density at radius 1 is 1.12 bits per heavy atom. The minimum Gasteiger partial charge on any atom is -0.438 e. The van der Waals surface area contributed by atoms with Gasteiger partial charge in [0.05, 0.1) is 10.7 Å². The maximum Gasteiger partial charge on any atom is 0.269 e. The van der Waals surface area contributed by atoms with E-state index >= 15 is 0 Å². The minimum absolute atomic E-state index is 0.0125. The van der Waals surface area contributed by atoms with E-state index < -0.39 is 11.5 Å². The lowest BCUT2D eigenvalue weighted by atomic mass is 10.1. The number of hydrogen-bond donors (Lipinski definition) is 1. The van der Waals surface area contributed by atoms with E-state index in [1.807, 2.05) is 38.1 Å². The first-order valence-corrected chi connectivity index (χ1v) is 10.7. The molecule has 0 aliphatic rings. The molecule has 0 spiro atoms. The van der Waals surface area contributed by atoms with E-state index in [9.17, 15) is 14.9 Å². The normalized spacial score (nSPS) is 11.2. The molecule has 0 aliphatic heterocycles. The molecule has 2 heterocycles. The maximum absolute atomic E-state index is 13.4. The fraction of sp³-hybridized carbons (Fsp3) is 0.0769. The van der Waals surface area contributed by atoms with Crippen LogP contribution in [-0.2, 0) is 4.79 Å². The van der Waals surface area contributed by atoms with Crippen molar-refractivity contribution in [1.29, 1.82) is 5.26 Å². The number of ether oxygens (including phenoxy) is 1. The number of benzene rings is 2. The van der Waals surface area contributed by atoms with Gasteiger partial charge >= 0.3 is 0 Å². The molecule has 4 rings (SSSR count). The number of carbonyl (C=O) groups excluding carboxylic acids is 1. The zero-order valence-electron chi connectivity index (χ0n) is 18.4. The Morgan fingerprint density at radius 3 is 2.56 bits per heavy atom. The Balaban J connectivity index is 1.84. The summed E-state index contributed by atoms with van der Waals surface area (Å²) in [6.45, 7) is 3.77. The van der Waals surface area contributed by atoms with Crippen LogP contribution in [0.25, 0.3) is 11.7 Å². The van der Waals surface area contributed by atoms with Crippen LogP contribution in [0.4, 0.5) is 5.69 Å². The van der Waals surface area contributed by atoms with E-state index in [2.05, 4.69) is 10.3 Å². The molecule has 0 fully saturated rings. The molecule has 0 saturated carbocycles. The first-order valence-electron chi connectivity index (χ1n) is 10.3. The predicted octanol–water partition coefficient (Wildman–Crippen LogP) is 5.30. The fourth-order valence-electron chi connectivity index (χ4n) is 3.26. The average molecular weight is 471 g/mol. The molecule has 2 aromatic heterocycles. The van der Waals surface area contributed by atoms with Crippen molar-refractivity contribution in [3.8, 4) is 17.7 Å². The highest BCUT2D eigenvalue weighted by Crippen LogP contribution is 2.26. The molecule has 0 unspecified atom stereocenters. The second-order valence-electron chi connectivity index (χ2n) is 7.54. The number of nitrogens with one attached hydrogen (secondary N) is 1. The van der Waals surface area contributed by atoms with E-state index in [1.54, 1.807) is 48.7 Å². The van der Waals surface area contributed by atoms with Crippen LogP contribution in [0.5, 0.6) is 11.6 Å². The van der Waals surface area contributed by atoms with Gasteiger partial charge in [0.2, 0.25) is 5.88 Å². The molecular formula is C26H19ClN4O3. The molecule has 0 saturated heterocycles. The second-order valence-corrected chi connectivity index (χ2v) is 7.95. The van der Waals surface area contributed by atoms with Gasteiger partial charge in [0.15, 0.2) is 0 Å². The van der Waals surface area contributed by atoms with Crippen LogP contribution in [0.1, 0.15) is 16.7 Å². The summed E-state index contributed by atoms with van der Waals surface area (Å²) in [6, 6.07) is 19.3. The van der Waals surface area contributed by atoms with Gasteiger partial charge in [-0.05, 0) is 55.8 Å². The van der Waals surface area contributed by atoms with Crippen LogP contribution >= 0.6 is 11.6 Å². The topological polar surface area (TPSA) is 96.5 Å². The minimum atomic E-state index is -0.717. The van der Waals surface area contributed by atoms with Crippen molar-refractivity contribution in [2.24, 2.45) is 0 Å². The smallest absolute Gasteiger partial charge is 0.269 e. The van der Waals surface area contributed by atoms with Crippen molar-refractivity contribution in [2.75, 3.05) is 5.32 Å². The summed E-state index contributed by atoms with van der Waals surface area (Å²) >= 11 is 6.11. The van der Waals surface area contributed by atoms with Crippen LogP contribution in [0.2, 0.25) is 5.02 Å². The summed E-state index contributed by atoms with van der Waals surface area (Å²) in [6.07, 6.45) is 2.75. The quantitative estimate of drug-likeness (QED) is 0.315. The lowest BCUT2D eigenvalue weighted by Crippen LogP contribution is -2.20. The number of nitriles is 1. The van der Waals surface area contributed by atoms with Crippen LogP contribution in [-0.4, -0.2) is 15.3 Å². The summed E-state index contributed by atoms with van der Waals surface area (Å²) < 4.78 is 7.29. The van der Waals surface area contributed by atoms with Gasteiger partial charge in [0.25, 0.3) is 11.5 Å². The van der Waals surface area contributed by atoms with Gasteiger partial charge in [0, 0.05) is 6.20 Å². The Hall–Kier alpha value is -4.41. The highest BCUT2D eigenvalue weighted by atomic mass is 35.5. The number of aromatic nitrogens is 2. The van der Waals surface area contributed by atoms with Gasteiger partial charge in [-0.1, -0.05) is 47.5 Å². The number of fused-ring (bicyclic) bond motifs is 1. The molecule has 0 radical (unpaired) electrons. The summed E-state index contributed by atoms with van der Waals surface area (Å²) in [5, 5.41) is 12.6. The van der Waals surface area contributed by atoms with Crippen molar-refractivity contribution in [3.05, 3.63) is 105 Å². The Morgan fingerprint density at radius 2 is 1.85 bits per heavy atom. The molecule has 0 bridgehead atoms. The van der Waals surface area contributed by atoms with E-state index in [-0.39, 0.29) is 17.0 Å². The number of rotatable bonds is 5. The third-order valence-electron chi connectivity index (χ3n) is 5.06. The zero-order valence-corrected chi connectivity index (χ0v) is 19.1. The van der Waals surface area contributed by atoms with Crippen molar-refractivity contribution in [2.45, 2.75) is 13.8 Å². The van der Waals surface area contributed by atoms with Crippen LogP contribution in [0.15, 0.2) is 77.2 Å². The number of nitrogens with zero attached hydrogens (tertiary/aromatic N) is 3. The summed E-state index contributed by atoms with van der Waals surface area (Å²) in [4.78, 5) is 30.7. The van der Waals surface area contributed by atoms with Crippen molar-refractivity contribution >= 4 is 34.9 Å². The lowest BCUT2D eigenvalue weighted by molar-refractivity contribution is -0.112. The molecule has 0 atom stereocenters. The molecule has 8 heteroatoms. The molecule has 168 valence electrons. The molecule has 1 N–H and O–H groups in total. The number of para-hydroxylation sites is 1. The standard InChI is InChI=1S/C26H19ClN4O3/c1-16-9-11-19(12-10-16)34-25-20(26(33)31-13-5-6-17(2)23(31)30-25)14-18(15-28)24(32)29-22-8-4-3-7-21(22)27/h3-14H,1-2H3,(H,29,32)/b18-14-. The molecule has 2 aromatic carbocycles. The molecular weight excluding hydrogens is 452 g/mol. The maximum atomic E-state index is 13.4. The fourth-order valence-corrected chi connectivity index (χ4v) is 3.44. The average Bonchev–Trinajstić information content (AvgIpc) is 2.82. The van der Waals surface area contributed by atoms with Crippen LogP contribution in [0.3, 0.4) is 0 Å².